The molecular weight excluding hydrogens is 733 g/mol. The number of halogens is 3. The van der Waals surface area contributed by atoms with Crippen molar-refractivity contribution in [3.05, 3.63) is 171 Å². The summed E-state index contributed by atoms with van der Waals surface area (Å²) in [6.45, 7) is 0. The predicted octanol–water partition coefficient (Wildman–Crippen LogP) is 11.6. The van der Waals surface area contributed by atoms with Gasteiger partial charge in [0.1, 0.15) is 0 Å². The van der Waals surface area contributed by atoms with Gasteiger partial charge < -0.3 is 10.0 Å². The van der Waals surface area contributed by atoms with Gasteiger partial charge in [-0.1, -0.05) is 146 Å². The van der Waals surface area contributed by atoms with Crippen molar-refractivity contribution in [1.82, 2.24) is 0 Å². The lowest BCUT2D eigenvalue weighted by atomic mass is 9.79. The first-order valence-electron chi connectivity index (χ1n) is 14.7. The molecule has 2 N–H and O–H groups in total. The van der Waals surface area contributed by atoms with Crippen molar-refractivity contribution in [2.75, 3.05) is 0 Å². The molecule has 0 atom stereocenters. The summed E-state index contributed by atoms with van der Waals surface area (Å²) in [5.74, 6) is 0. The monoisotopic (exact) mass is 764 g/mol. The standard InChI is InChI=1S/C20H13Cl.C14H11BO2.C6H4ClI.CH4/c21-18-10-7-14(8-11-18)16-9-12-20-17(13-16)6-5-15-3-1-2-4-19(15)20;16-15(17)12-7-8-14-11(9-12)6-5-10-3-1-2-4-13(10)14;7-5-1-3-6(8)4-2-5;/h1-13H;1-9,16-17H;1-4H;1H4. The first-order chi connectivity index (χ1) is 22.4. The molecule has 0 heterocycles. The van der Waals surface area contributed by atoms with E-state index in [0.29, 0.717) is 5.46 Å². The van der Waals surface area contributed by atoms with E-state index in [0.717, 1.165) is 20.8 Å². The summed E-state index contributed by atoms with van der Waals surface area (Å²) in [6, 6.07) is 52.9. The fourth-order valence-electron chi connectivity index (χ4n) is 5.46. The summed E-state index contributed by atoms with van der Waals surface area (Å²) in [4.78, 5) is 0. The maximum Gasteiger partial charge on any atom is 0.488 e. The molecule has 0 fully saturated rings. The van der Waals surface area contributed by atoms with Crippen LogP contribution in [0.2, 0.25) is 10.0 Å². The fourth-order valence-corrected chi connectivity index (χ4v) is 6.07. The van der Waals surface area contributed by atoms with Gasteiger partial charge in [-0.2, -0.15) is 0 Å². The molecule has 0 aliphatic heterocycles. The minimum atomic E-state index is -1.41. The Morgan fingerprint density at radius 1 is 0.426 bits per heavy atom. The average molecular weight is 765 g/mol. The van der Waals surface area contributed by atoms with Gasteiger partial charge in [0.15, 0.2) is 0 Å². The molecule has 0 unspecified atom stereocenters. The molecule has 0 saturated heterocycles. The van der Waals surface area contributed by atoms with Crippen molar-refractivity contribution in [2.45, 2.75) is 7.43 Å². The topological polar surface area (TPSA) is 40.5 Å². The third-order valence-corrected chi connectivity index (χ3v) is 9.02. The molecule has 8 aromatic rings. The van der Waals surface area contributed by atoms with Gasteiger partial charge in [-0.3, -0.25) is 0 Å². The van der Waals surface area contributed by atoms with Crippen LogP contribution in [0.15, 0.2) is 158 Å². The minimum absolute atomic E-state index is 0. The molecule has 0 aliphatic rings. The molecule has 0 bridgehead atoms. The average Bonchev–Trinajstić information content (AvgIpc) is 3.10. The van der Waals surface area contributed by atoms with Gasteiger partial charge in [0.2, 0.25) is 0 Å². The van der Waals surface area contributed by atoms with E-state index in [1.165, 1.54) is 47.0 Å². The Bertz CT molecular complexity index is 2250. The second-order valence-electron chi connectivity index (χ2n) is 10.8. The molecular formula is C41H32BCl2IO2. The third-order valence-electron chi connectivity index (χ3n) is 7.79. The molecule has 2 nitrogen and oxygen atoms in total. The van der Waals surface area contributed by atoms with Gasteiger partial charge in [-0.25, -0.2) is 0 Å². The summed E-state index contributed by atoms with van der Waals surface area (Å²) < 4.78 is 1.21. The minimum Gasteiger partial charge on any atom is -0.423 e. The lowest BCUT2D eigenvalue weighted by molar-refractivity contribution is 0.426. The number of hydrogen-bond acceptors (Lipinski definition) is 2. The van der Waals surface area contributed by atoms with Gasteiger partial charge in [0.25, 0.3) is 0 Å². The molecule has 6 heteroatoms. The zero-order valence-corrected chi connectivity index (χ0v) is 28.3. The molecule has 8 aromatic carbocycles. The molecule has 8 rings (SSSR count). The van der Waals surface area contributed by atoms with E-state index in [2.05, 4.69) is 101 Å². The van der Waals surface area contributed by atoms with E-state index < -0.39 is 7.12 Å². The number of rotatable bonds is 2. The Balaban J connectivity index is 0.000000150. The van der Waals surface area contributed by atoms with Crippen LogP contribution < -0.4 is 5.46 Å². The van der Waals surface area contributed by atoms with E-state index >= 15 is 0 Å². The van der Waals surface area contributed by atoms with Crippen molar-refractivity contribution in [2.24, 2.45) is 0 Å². The van der Waals surface area contributed by atoms with Crippen LogP contribution in [0.4, 0.5) is 0 Å². The van der Waals surface area contributed by atoms with Crippen LogP contribution in [0, 0.1) is 3.57 Å². The van der Waals surface area contributed by atoms with Crippen molar-refractivity contribution in [3.8, 4) is 11.1 Å². The summed E-state index contributed by atoms with van der Waals surface area (Å²) in [6.07, 6.45) is 0. The molecule has 232 valence electrons. The Hall–Kier alpha value is -3.91. The molecule has 0 spiro atoms. The van der Waals surface area contributed by atoms with Crippen LogP contribution >= 0.6 is 45.8 Å². The van der Waals surface area contributed by atoms with Crippen molar-refractivity contribution >= 4 is 101 Å². The van der Waals surface area contributed by atoms with Crippen LogP contribution in [0.1, 0.15) is 7.43 Å². The van der Waals surface area contributed by atoms with E-state index in [4.69, 9.17) is 33.2 Å². The number of fused-ring (bicyclic) bond motifs is 6. The van der Waals surface area contributed by atoms with Crippen molar-refractivity contribution in [3.63, 3.8) is 0 Å². The van der Waals surface area contributed by atoms with Crippen molar-refractivity contribution in [1.29, 1.82) is 0 Å². The second-order valence-corrected chi connectivity index (χ2v) is 12.9. The molecule has 0 aromatic heterocycles. The summed E-state index contributed by atoms with van der Waals surface area (Å²) in [5, 5.41) is 29.5. The quantitative estimate of drug-likeness (QED) is 0.105. The first-order valence-corrected chi connectivity index (χ1v) is 16.6. The summed E-state index contributed by atoms with van der Waals surface area (Å²) in [7, 11) is -1.41. The molecule has 0 radical (unpaired) electrons. The maximum absolute atomic E-state index is 9.15. The van der Waals surface area contributed by atoms with Crippen LogP contribution in [0.3, 0.4) is 0 Å². The largest absolute Gasteiger partial charge is 0.488 e. The van der Waals surface area contributed by atoms with Crippen LogP contribution in [0.5, 0.6) is 0 Å². The predicted molar refractivity (Wildman–Crippen MR) is 214 cm³/mol. The number of hydrogen-bond donors (Lipinski definition) is 2. The highest BCUT2D eigenvalue weighted by atomic mass is 127. The SMILES string of the molecule is C.Clc1ccc(-c2ccc3c(ccc4ccccc43)c2)cc1.Clc1ccc(I)cc1.OB(O)c1ccc2c(ccc3ccccc32)c1. The fraction of sp³-hybridized carbons (Fsp3) is 0.0244. The zero-order valence-electron chi connectivity index (χ0n) is 24.6. The molecule has 0 amide bonds. The van der Waals surface area contributed by atoms with Gasteiger partial charge in [-0.05, 0) is 125 Å². The Labute approximate surface area is 299 Å². The molecule has 47 heavy (non-hydrogen) atoms. The highest BCUT2D eigenvalue weighted by Crippen LogP contribution is 2.30. The van der Waals surface area contributed by atoms with Crippen LogP contribution in [-0.2, 0) is 0 Å². The molecule has 0 aliphatic carbocycles. The van der Waals surface area contributed by atoms with Gasteiger partial charge >= 0.3 is 7.12 Å². The highest BCUT2D eigenvalue weighted by molar-refractivity contribution is 14.1. The zero-order chi connectivity index (χ0) is 32.0. The maximum atomic E-state index is 9.15. The normalized spacial score (nSPS) is 10.5. The lowest BCUT2D eigenvalue weighted by Gasteiger charge is -2.07. The Kier molecular flexibility index (Phi) is 11.6. The van der Waals surface area contributed by atoms with Gasteiger partial charge in [-0.15, -0.1) is 0 Å². The summed E-state index contributed by atoms with van der Waals surface area (Å²) >= 11 is 13.8. The smallest absolute Gasteiger partial charge is 0.423 e. The molecule has 0 saturated carbocycles. The lowest BCUT2D eigenvalue weighted by Crippen LogP contribution is -2.29. The van der Waals surface area contributed by atoms with E-state index in [9.17, 15) is 0 Å². The Morgan fingerprint density at radius 2 is 0.851 bits per heavy atom. The van der Waals surface area contributed by atoms with E-state index in [-0.39, 0.29) is 7.43 Å². The van der Waals surface area contributed by atoms with Gasteiger partial charge in [0, 0.05) is 13.6 Å². The number of benzene rings is 8. The highest BCUT2D eigenvalue weighted by Gasteiger charge is 2.11. The van der Waals surface area contributed by atoms with Gasteiger partial charge in [0.05, 0.1) is 0 Å². The Morgan fingerprint density at radius 3 is 1.38 bits per heavy atom. The van der Waals surface area contributed by atoms with Crippen molar-refractivity contribution < 1.29 is 10.0 Å². The van der Waals surface area contributed by atoms with E-state index in [1.807, 2.05) is 72.8 Å². The second kappa shape index (κ2) is 15.8. The first kappa shape index (κ1) is 34.4. The summed E-state index contributed by atoms with van der Waals surface area (Å²) in [5.41, 5.74) is 2.93. The third kappa shape index (κ3) is 8.34. The van der Waals surface area contributed by atoms with Crippen LogP contribution in [-0.4, -0.2) is 17.2 Å². The van der Waals surface area contributed by atoms with Crippen LogP contribution in [0.25, 0.3) is 54.2 Å². The van der Waals surface area contributed by atoms with E-state index in [1.54, 1.807) is 6.07 Å².